The summed E-state index contributed by atoms with van der Waals surface area (Å²) in [6, 6.07) is 5.16. The Balaban J connectivity index is 1.79. The van der Waals surface area contributed by atoms with Gasteiger partial charge in [-0.15, -0.1) is 0 Å². The summed E-state index contributed by atoms with van der Waals surface area (Å²) in [5.41, 5.74) is -0.0567. The Labute approximate surface area is 185 Å². The van der Waals surface area contributed by atoms with Crippen molar-refractivity contribution in [3.8, 4) is 11.6 Å². The Morgan fingerprint density at radius 2 is 2.03 bits per heavy atom. The van der Waals surface area contributed by atoms with Crippen LogP contribution in [0.2, 0.25) is 0 Å². The van der Waals surface area contributed by atoms with Crippen LogP contribution in [0.25, 0.3) is 11.2 Å². The zero-order valence-corrected chi connectivity index (χ0v) is 17.4. The van der Waals surface area contributed by atoms with E-state index in [9.17, 15) is 29.5 Å². The van der Waals surface area contributed by atoms with Crippen LogP contribution in [0.15, 0.2) is 30.6 Å². The first-order valence-electron chi connectivity index (χ1n) is 9.68. The molecule has 0 spiro atoms. The van der Waals surface area contributed by atoms with Crippen molar-refractivity contribution in [2.45, 2.75) is 24.6 Å². The standard InChI is InChI=1S/C19H19FN6O7/c1-24(2)18(29)15-22-16-13(17(23-15)32-10-5-3-9(4-6-10)26(30)31)21-8-25(16)19-14(28)12(20)11(7-27)33-19/h3-6,8,11-12,14,19,27-28H,7H2,1-2H3/t11-,12+,14-,19-/m1/s1. The first-order chi connectivity index (χ1) is 15.7. The smallest absolute Gasteiger partial charge is 0.291 e. The largest absolute Gasteiger partial charge is 0.437 e. The molecular formula is C19H19FN6O7. The number of benzene rings is 1. The SMILES string of the molecule is CN(C)C(=O)c1nc(Oc2ccc([N+](=O)[O-])cc2)c2ncn([C@@H]3O[C@H](CO)[C@H](F)[C@H]3O)c2n1. The number of ether oxygens (including phenoxy) is 2. The second-order valence-electron chi connectivity index (χ2n) is 7.41. The molecule has 0 unspecified atom stereocenters. The number of nitro benzene ring substituents is 1. The Morgan fingerprint density at radius 1 is 1.33 bits per heavy atom. The number of non-ortho nitro benzene ring substituents is 1. The van der Waals surface area contributed by atoms with E-state index in [1.165, 1.54) is 54.2 Å². The van der Waals surface area contributed by atoms with Gasteiger partial charge in [0.25, 0.3) is 17.5 Å². The summed E-state index contributed by atoms with van der Waals surface area (Å²) in [6.45, 7) is -0.644. The maximum Gasteiger partial charge on any atom is 0.291 e. The van der Waals surface area contributed by atoms with Gasteiger partial charge in [-0.25, -0.2) is 14.4 Å². The number of amides is 1. The summed E-state index contributed by atoms with van der Waals surface area (Å²) in [5.74, 6) is -0.794. The van der Waals surface area contributed by atoms with Crippen molar-refractivity contribution < 1.29 is 33.8 Å². The Morgan fingerprint density at radius 3 is 2.61 bits per heavy atom. The monoisotopic (exact) mass is 462 g/mol. The number of imidazole rings is 1. The van der Waals surface area contributed by atoms with Crippen LogP contribution in [0.4, 0.5) is 10.1 Å². The minimum atomic E-state index is -1.85. The van der Waals surface area contributed by atoms with Gasteiger partial charge in [0, 0.05) is 26.2 Å². The molecule has 1 aromatic carbocycles. The molecule has 13 nitrogen and oxygen atoms in total. The molecule has 3 aromatic rings. The number of nitro groups is 1. The highest BCUT2D eigenvalue weighted by Gasteiger charge is 2.45. The van der Waals surface area contributed by atoms with Gasteiger partial charge in [0.15, 0.2) is 23.6 Å². The van der Waals surface area contributed by atoms with E-state index in [0.717, 1.165) is 0 Å². The van der Waals surface area contributed by atoms with E-state index in [1.54, 1.807) is 0 Å². The lowest BCUT2D eigenvalue weighted by Crippen LogP contribution is -2.29. The summed E-state index contributed by atoms with van der Waals surface area (Å²) in [6.07, 6.45) is -4.78. The van der Waals surface area contributed by atoms with Crippen LogP contribution >= 0.6 is 0 Å². The van der Waals surface area contributed by atoms with Crippen molar-refractivity contribution >= 4 is 22.8 Å². The fourth-order valence-electron chi connectivity index (χ4n) is 3.28. The number of rotatable bonds is 6. The lowest BCUT2D eigenvalue weighted by atomic mass is 10.1. The Hall–Kier alpha value is -3.75. The van der Waals surface area contributed by atoms with Crippen LogP contribution in [0.3, 0.4) is 0 Å². The van der Waals surface area contributed by atoms with E-state index in [-0.39, 0.29) is 34.3 Å². The van der Waals surface area contributed by atoms with Crippen molar-refractivity contribution in [3.63, 3.8) is 0 Å². The molecule has 1 saturated heterocycles. The fraction of sp³-hybridized carbons (Fsp3) is 0.368. The maximum absolute atomic E-state index is 14.3. The molecule has 2 aromatic heterocycles. The molecule has 0 saturated carbocycles. The molecule has 1 aliphatic heterocycles. The average Bonchev–Trinajstić information content (AvgIpc) is 3.34. The molecule has 0 aliphatic carbocycles. The van der Waals surface area contributed by atoms with Gasteiger partial charge >= 0.3 is 0 Å². The molecular weight excluding hydrogens is 443 g/mol. The number of carbonyl (C=O) groups is 1. The van der Waals surface area contributed by atoms with Crippen molar-refractivity contribution in [1.29, 1.82) is 0 Å². The second-order valence-corrected chi connectivity index (χ2v) is 7.41. The highest BCUT2D eigenvalue weighted by atomic mass is 19.1. The van der Waals surface area contributed by atoms with Gasteiger partial charge in [0.2, 0.25) is 5.82 Å². The number of halogens is 1. The molecule has 1 aliphatic rings. The van der Waals surface area contributed by atoms with Gasteiger partial charge < -0.3 is 24.6 Å². The third-order valence-corrected chi connectivity index (χ3v) is 4.99. The molecule has 3 heterocycles. The van der Waals surface area contributed by atoms with E-state index in [2.05, 4.69) is 15.0 Å². The van der Waals surface area contributed by atoms with Gasteiger partial charge in [-0.2, -0.15) is 4.98 Å². The quantitative estimate of drug-likeness (QED) is 0.395. The van der Waals surface area contributed by atoms with Crippen molar-refractivity contribution in [1.82, 2.24) is 24.4 Å². The topological polar surface area (TPSA) is 166 Å². The number of hydrogen-bond donors (Lipinski definition) is 2. The van der Waals surface area contributed by atoms with E-state index in [1.807, 2.05) is 0 Å². The van der Waals surface area contributed by atoms with Gasteiger partial charge in [0.1, 0.15) is 18.0 Å². The van der Waals surface area contributed by atoms with Gasteiger partial charge in [-0.3, -0.25) is 19.5 Å². The minimum absolute atomic E-state index is 0.0157. The molecule has 2 N–H and O–H groups in total. The zero-order valence-electron chi connectivity index (χ0n) is 17.4. The summed E-state index contributed by atoms with van der Waals surface area (Å²) in [4.78, 5) is 36.6. The van der Waals surface area contributed by atoms with Crippen molar-refractivity contribution in [2.75, 3.05) is 20.7 Å². The third-order valence-electron chi connectivity index (χ3n) is 4.99. The number of aromatic nitrogens is 4. The summed E-state index contributed by atoms with van der Waals surface area (Å²) < 4.78 is 26.6. The predicted molar refractivity (Wildman–Crippen MR) is 108 cm³/mol. The molecule has 0 radical (unpaired) electrons. The zero-order chi connectivity index (χ0) is 23.9. The average molecular weight is 462 g/mol. The van der Waals surface area contributed by atoms with Crippen LogP contribution in [0.1, 0.15) is 16.8 Å². The molecule has 0 bridgehead atoms. The molecule has 4 atom stereocenters. The molecule has 4 rings (SSSR count). The van der Waals surface area contributed by atoms with Crippen LogP contribution < -0.4 is 4.74 Å². The number of alkyl halides is 1. The lowest BCUT2D eigenvalue weighted by Gasteiger charge is -2.17. The number of nitrogens with zero attached hydrogens (tertiary/aromatic N) is 6. The summed E-state index contributed by atoms with van der Waals surface area (Å²) in [7, 11) is 2.99. The maximum atomic E-state index is 14.3. The summed E-state index contributed by atoms with van der Waals surface area (Å²) >= 11 is 0. The van der Waals surface area contributed by atoms with Crippen LogP contribution in [0.5, 0.6) is 11.6 Å². The van der Waals surface area contributed by atoms with E-state index >= 15 is 0 Å². The highest BCUT2D eigenvalue weighted by Crippen LogP contribution is 2.35. The van der Waals surface area contributed by atoms with E-state index < -0.39 is 42.0 Å². The van der Waals surface area contributed by atoms with Gasteiger partial charge in [-0.1, -0.05) is 0 Å². The van der Waals surface area contributed by atoms with Crippen LogP contribution in [0, 0.1) is 10.1 Å². The summed E-state index contributed by atoms with van der Waals surface area (Å²) in [5, 5.41) is 30.4. The fourth-order valence-corrected chi connectivity index (χ4v) is 3.28. The van der Waals surface area contributed by atoms with Crippen LogP contribution in [-0.4, -0.2) is 84.5 Å². The Kier molecular flexibility index (Phi) is 5.88. The predicted octanol–water partition coefficient (Wildman–Crippen LogP) is 0.817. The second kappa shape index (κ2) is 8.65. The third kappa shape index (κ3) is 4.06. The molecule has 1 amide bonds. The number of aliphatic hydroxyl groups excluding tert-OH is 2. The number of carbonyl (C=O) groups excluding carboxylic acids is 1. The van der Waals surface area contributed by atoms with Gasteiger partial charge in [-0.05, 0) is 12.1 Å². The first kappa shape index (κ1) is 22.4. The van der Waals surface area contributed by atoms with Crippen LogP contribution in [-0.2, 0) is 4.74 Å². The van der Waals surface area contributed by atoms with Crippen molar-refractivity contribution in [3.05, 3.63) is 46.5 Å². The van der Waals surface area contributed by atoms with E-state index in [4.69, 9.17) is 9.47 Å². The van der Waals surface area contributed by atoms with E-state index in [0.29, 0.717) is 0 Å². The number of aliphatic hydroxyl groups is 2. The number of fused-ring (bicyclic) bond motifs is 1. The highest BCUT2D eigenvalue weighted by molar-refractivity contribution is 5.92. The number of hydrogen-bond acceptors (Lipinski definition) is 10. The molecule has 14 heteroatoms. The normalized spacial score (nSPS) is 22.5. The molecule has 1 fully saturated rings. The van der Waals surface area contributed by atoms with Crippen molar-refractivity contribution in [2.24, 2.45) is 0 Å². The Bertz CT molecular complexity index is 1200. The van der Waals surface area contributed by atoms with Gasteiger partial charge in [0.05, 0.1) is 17.9 Å². The minimum Gasteiger partial charge on any atom is -0.437 e. The molecule has 33 heavy (non-hydrogen) atoms. The molecule has 174 valence electrons. The first-order valence-corrected chi connectivity index (χ1v) is 9.68. The lowest BCUT2D eigenvalue weighted by molar-refractivity contribution is -0.384.